The molecule has 0 radical (unpaired) electrons. The summed E-state index contributed by atoms with van der Waals surface area (Å²) in [6.07, 6.45) is 1.47. The number of nitrogens with two attached hydrogens (primary N) is 1. The fourth-order valence-electron chi connectivity index (χ4n) is 2.77. The molecule has 1 amide bonds. The monoisotopic (exact) mass is 227 g/mol. The van der Waals surface area contributed by atoms with E-state index in [9.17, 15) is 4.79 Å². The second kappa shape index (κ2) is 4.31. The van der Waals surface area contributed by atoms with Gasteiger partial charge in [-0.3, -0.25) is 4.79 Å². The van der Waals surface area contributed by atoms with Gasteiger partial charge in [0, 0.05) is 19.5 Å². The predicted molar refractivity (Wildman–Crippen MR) is 60.7 cm³/mol. The van der Waals surface area contributed by atoms with Crippen molar-refractivity contribution in [2.24, 2.45) is 5.73 Å². The van der Waals surface area contributed by atoms with Crippen LogP contribution in [0.2, 0.25) is 0 Å². The summed E-state index contributed by atoms with van der Waals surface area (Å²) in [6.45, 7) is 6.05. The van der Waals surface area contributed by atoms with Crippen LogP contribution >= 0.6 is 0 Å². The van der Waals surface area contributed by atoms with Crippen LogP contribution in [0.1, 0.15) is 26.7 Å². The van der Waals surface area contributed by atoms with Gasteiger partial charge >= 0.3 is 0 Å². The molecule has 5 nitrogen and oxygen atoms in total. The normalized spacial score (nSPS) is 38.2. The van der Waals surface area contributed by atoms with E-state index in [0.29, 0.717) is 19.6 Å². The number of amides is 1. The second-order valence-electron chi connectivity index (χ2n) is 4.69. The van der Waals surface area contributed by atoms with Crippen molar-refractivity contribution in [2.45, 2.75) is 44.5 Å². The summed E-state index contributed by atoms with van der Waals surface area (Å²) in [7, 11) is 0. The Labute approximate surface area is 96.3 Å². The molecule has 16 heavy (non-hydrogen) atoms. The Bertz CT molecular complexity index is 284. The van der Waals surface area contributed by atoms with Gasteiger partial charge in [-0.15, -0.1) is 0 Å². The van der Waals surface area contributed by atoms with Gasteiger partial charge in [0.15, 0.2) is 5.72 Å². The topological polar surface area (TPSA) is 67.6 Å². The van der Waals surface area contributed by atoms with E-state index in [4.69, 9.17) is 10.5 Å². The number of nitrogens with one attached hydrogen (secondary N) is 1. The maximum atomic E-state index is 12.0. The summed E-state index contributed by atoms with van der Waals surface area (Å²) in [5.74, 6) is 0.196. The van der Waals surface area contributed by atoms with Crippen molar-refractivity contribution in [3.05, 3.63) is 0 Å². The molecule has 2 saturated heterocycles. The Morgan fingerprint density at radius 3 is 3.06 bits per heavy atom. The van der Waals surface area contributed by atoms with Crippen LogP contribution in [0.3, 0.4) is 0 Å². The summed E-state index contributed by atoms with van der Waals surface area (Å²) in [5, 5.41) is 3.31. The molecule has 2 rings (SSSR count). The highest BCUT2D eigenvalue weighted by Crippen LogP contribution is 2.39. The number of hydrogen-bond acceptors (Lipinski definition) is 4. The average Bonchev–Trinajstić information content (AvgIpc) is 2.72. The molecule has 0 aromatic heterocycles. The first-order valence-corrected chi connectivity index (χ1v) is 6.03. The van der Waals surface area contributed by atoms with Crippen molar-refractivity contribution in [3.8, 4) is 0 Å². The Morgan fingerprint density at radius 2 is 2.44 bits per heavy atom. The molecule has 3 atom stereocenters. The maximum absolute atomic E-state index is 12.0. The van der Waals surface area contributed by atoms with E-state index < -0.39 is 5.72 Å². The van der Waals surface area contributed by atoms with Gasteiger partial charge < -0.3 is 20.7 Å². The van der Waals surface area contributed by atoms with Gasteiger partial charge in [0.1, 0.15) is 0 Å². The summed E-state index contributed by atoms with van der Waals surface area (Å²) >= 11 is 0. The van der Waals surface area contributed by atoms with Crippen molar-refractivity contribution in [1.82, 2.24) is 10.2 Å². The Balaban J connectivity index is 2.13. The highest BCUT2D eigenvalue weighted by molar-refractivity contribution is 5.81. The first-order valence-electron chi connectivity index (χ1n) is 6.03. The minimum Gasteiger partial charge on any atom is -0.352 e. The smallest absolute Gasteiger partial charge is 0.226 e. The summed E-state index contributed by atoms with van der Waals surface area (Å²) in [5.41, 5.74) is 5.01. The first kappa shape index (κ1) is 11.8. The van der Waals surface area contributed by atoms with Crippen molar-refractivity contribution < 1.29 is 9.53 Å². The Morgan fingerprint density at radius 1 is 1.69 bits per heavy atom. The molecular weight excluding hydrogens is 206 g/mol. The Kier molecular flexibility index (Phi) is 3.19. The average molecular weight is 227 g/mol. The van der Waals surface area contributed by atoms with E-state index >= 15 is 0 Å². The molecule has 2 aliphatic rings. The highest BCUT2D eigenvalue weighted by atomic mass is 16.5. The molecule has 0 saturated carbocycles. The van der Waals surface area contributed by atoms with Crippen LogP contribution in [0, 0.1) is 0 Å². The summed E-state index contributed by atoms with van der Waals surface area (Å²) in [6, 6.07) is 0.308. The zero-order chi connectivity index (χ0) is 11.8. The molecule has 0 aliphatic carbocycles. The fourth-order valence-corrected chi connectivity index (χ4v) is 2.77. The molecule has 3 unspecified atom stereocenters. The van der Waals surface area contributed by atoms with Gasteiger partial charge in [-0.05, 0) is 13.3 Å². The zero-order valence-corrected chi connectivity index (χ0v) is 10.0. The van der Waals surface area contributed by atoms with Crippen LogP contribution < -0.4 is 11.1 Å². The molecule has 0 aromatic carbocycles. The zero-order valence-electron chi connectivity index (χ0n) is 10.0. The summed E-state index contributed by atoms with van der Waals surface area (Å²) in [4.78, 5) is 13.9. The van der Waals surface area contributed by atoms with E-state index in [0.717, 1.165) is 13.0 Å². The second-order valence-corrected chi connectivity index (χ2v) is 4.69. The van der Waals surface area contributed by atoms with Gasteiger partial charge in [0.2, 0.25) is 5.91 Å². The van der Waals surface area contributed by atoms with Crippen molar-refractivity contribution >= 4 is 5.91 Å². The lowest BCUT2D eigenvalue weighted by Crippen LogP contribution is -2.53. The van der Waals surface area contributed by atoms with Gasteiger partial charge in [-0.1, -0.05) is 6.92 Å². The Hall–Kier alpha value is -0.650. The molecule has 3 N–H and O–H groups in total. The van der Waals surface area contributed by atoms with Gasteiger partial charge in [-0.25, -0.2) is 0 Å². The van der Waals surface area contributed by atoms with Crippen LogP contribution in [0.15, 0.2) is 0 Å². The standard InChI is InChI=1S/C11H21N3O2/c1-3-8-7-16-11(2)9(13-5-4-12)6-10(15)14(8)11/h8-9,13H,3-7,12H2,1-2H3. The van der Waals surface area contributed by atoms with Crippen LogP contribution in [-0.2, 0) is 9.53 Å². The number of carbonyl (C=O) groups is 1. The lowest BCUT2D eigenvalue weighted by Gasteiger charge is -2.33. The third kappa shape index (κ3) is 1.63. The molecule has 0 aromatic rings. The molecule has 2 aliphatic heterocycles. The van der Waals surface area contributed by atoms with E-state index in [1.807, 2.05) is 11.8 Å². The molecule has 0 spiro atoms. The third-order valence-corrected chi connectivity index (χ3v) is 3.71. The third-order valence-electron chi connectivity index (χ3n) is 3.71. The van der Waals surface area contributed by atoms with E-state index in [-0.39, 0.29) is 18.0 Å². The maximum Gasteiger partial charge on any atom is 0.226 e. The SMILES string of the molecule is CCC1COC2(C)C(NCCN)CC(=O)N12. The summed E-state index contributed by atoms with van der Waals surface area (Å²) < 4.78 is 5.85. The lowest BCUT2D eigenvalue weighted by molar-refractivity contribution is -0.137. The van der Waals surface area contributed by atoms with Crippen LogP contribution in [-0.4, -0.2) is 48.3 Å². The van der Waals surface area contributed by atoms with E-state index in [1.54, 1.807) is 0 Å². The molecule has 2 fully saturated rings. The first-order chi connectivity index (χ1) is 7.63. The number of carbonyl (C=O) groups excluding carboxylic acids is 1. The number of nitrogens with zero attached hydrogens (tertiary/aromatic N) is 1. The number of ether oxygens (including phenoxy) is 1. The van der Waals surface area contributed by atoms with E-state index in [2.05, 4.69) is 12.2 Å². The molecule has 92 valence electrons. The van der Waals surface area contributed by atoms with Crippen LogP contribution in [0.25, 0.3) is 0 Å². The van der Waals surface area contributed by atoms with Crippen molar-refractivity contribution in [3.63, 3.8) is 0 Å². The molecular formula is C11H21N3O2. The lowest BCUT2D eigenvalue weighted by atomic mass is 10.1. The van der Waals surface area contributed by atoms with Gasteiger partial charge in [-0.2, -0.15) is 0 Å². The van der Waals surface area contributed by atoms with Crippen LogP contribution in [0.5, 0.6) is 0 Å². The minimum absolute atomic E-state index is 0.0695. The van der Waals surface area contributed by atoms with Gasteiger partial charge in [0.25, 0.3) is 0 Å². The minimum atomic E-state index is -0.465. The van der Waals surface area contributed by atoms with Crippen LogP contribution in [0.4, 0.5) is 0 Å². The molecule has 0 bridgehead atoms. The quantitative estimate of drug-likeness (QED) is 0.689. The van der Waals surface area contributed by atoms with E-state index in [1.165, 1.54) is 0 Å². The van der Waals surface area contributed by atoms with Gasteiger partial charge in [0.05, 0.1) is 18.7 Å². The molecule has 5 heteroatoms. The van der Waals surface area contributed by atoms with Crippen molar-refractivity contribution in [2.75, 3.05) is 19.7 Å². The van der Waals surface area contributed by atoms with Crippen molar-refractivity contribution in [1.29, 1.82) is 0 Å². The highest BCUT2D eigenvalue weighted by Gasteiger charge is 2.56. The number of hydrogen-bond donors (Lipinski definition) is 2. The predicted octanol–water partition coefficient (Wildman–Crippen LogP) is -0.339. The number of fused-ring (bicyclic) bond motifs is 1. The number of rotatable bonds is 4. The largest absolute Gasteiger partial charge is 0.352 e. The fraction of sp³-hybridized carbons (Fsp3) is 0.909. The molecule has 2 heterocycles.